The predicted octanol–water partition coefficient (Wildman–Crippen LogP) is 3.43. The fourth-order valence-corrected chi connectivity index (χ4v) is 1.51. The van der Waals surface area contributed by atoms with Crippen LogP contribution in [0.4, 0.5) is 4.39 Å². The van der Waals surface area contributed by atoms with E-state index in [1.165, 1.54) is 36.4 Å². The maximum Gasteiger partial charge on any atom is 0.188 e. The fourth-order valence-electron chi connectivity index (χ4n) is 1.51. The van der Waals surface area contributed by atoms with Crippen molar-refractivity contribution in [3.63, 3.8) is 0 Å². The Balaban J connectivity index is 2.17. The van der Waals surface area contributed by atoms with Crippen molar-refractivity contribution in [2.45, 2.75) is 0 Å². The number of ketones is 1. The molecular weight excluding hydrogens is 230 g/mol. The van der Waals surface area contributed by atoms with E-state index < -0.39 is 5.82 Å². The number of halogens is 1. The molecule has 0 atom stereocenters. The quantitative estimate of drug-likeness (QED) is 0.660. The molecule has 2 rings (SSSR count). The van der Waals surface area contributed by atoms with Crippen LogP contribution in [-0.2, 0) is 0 Å². The molecule has 0 unspecified atom stereocenters. The summed E-state index contributed by atoms with van der Waals surface area (Å²) >= 11 is 0. The second kappa shape index (κ2) is 5.27. The van der Waals surface area contributed by atoms with Gasteiger partial charge in [-0.05, 0) is 35.9 Å². The number of hydrogen-bond acceptors (Lipinski definition) is 2. The van der Waals surface area contributed by atoms with Crippen molar-refractivity contribution in [3.05, 3.63) is 71.6 Å². The molecule has 2 aromatic rings. The van der Waals surface area contributed by atoms with Gasteiger partial charge in [0, 0.05) is 0 Å². The normalized spacial score (nSPS) is 10.7. The third kappa shape index (κ3) is 2.83. The summed E-state index contributed by atoms with van der Waals surface area (Å²) in [6.07, 6.45) is 2.89. The average molecular weight is 241 g/mol. The van der Waals surface area contributed by atoms with Gasteiger partial charge in [-0.2, -0.15) is 0 Å². The van der Waals surface area contributed by atoms with Crippen LogP contribution >= 0.6 is 0 Å². The monoisotopic (exact) mass is 241 g/mol. The van der Waals surface area contributed by atoms with Crippen LogP contribution in [0.2, 0.25) is 0 Å². The molecule has 0 fully saturated rings. The number of carbonyl (C=O) groups is 1. The lowest BCUT2D eigenvalue weighted by Crippen LogP contribution is -1.97. The zero-order valence-electron chi connectivity index (χ0n) is 9.51. The van der Waals surface area contributed by atoms with Gasteiger partial charge in [-0.3, -0.25) is 4.79 Å². The second-order valence-electron chi connectivity index (χ2n) is 3.77. The number of carbonyl (C=O) groups excluding carboxylic acids is 1. The van der Waals surface area contributed by atoms with Crippen molar-refractivity contribution in [3.8, 4) is 5.75 Å². The van der Waals surface area contributed by atoms with Crippen molar-refractivity contribution >= 4 is 11.9 Å². The standard InChI is InChI=1S/C15H11FO2/c16-14-4-2-1-3-13(14)15(18)10-7-11-5-8-12(17)9-6-11/h1-10,17H/b10-7+/i16-1. The summed E-state index contributed by atoms with van der Waals surface area (Å²) in [5.74, 6) is -0.758. The van der Waals surface area contributed by atoms with Gasteiger partial charge in [0.25, 0.3) is 0 Å². The summed E-state index contributed by atoms with van der Waals surface area (Å²) in [4.78, 5) is 11.7. The van der Waals surface area contributed by atoms with E-state index >= 15 is 0 Å². The Morgan fingerprint density at radius 1 is 1.06 bits per heavy atom. The van der Waals surface area contributed by atoms with E-state index in [0.29, 0.717) is 0 Å². The maximum absolute atomic E-state index is 13.3. The molecule has 0 bridgehead atoms. The molecule has 0 spiro atoms. The molecule has 3 heteroatoms. The van der Waals surface area contributed by atoms with E-state index in [2.05, 4.69) is 0 Å². The summed E-state index contributed by atoms with van der Waals surface area (Å²) in [5.41, 5.74) is 0.810. The minimum absolute atomic E-state index is 0.0486. The Morgan fingerprint density at radius 3 is 2.39 bits per heavy atom. The van der Waals surface area contributed by atoms with Crippen LogP contribution in [0, 0.1) is 5.82 Å². The van der Waals surface area contributed by atoms with Gasteiger partial charge in [0.05, 0.1) is 5.56 Å². The summed E-state index contributed by atoms with van der Waals surface area (Å²) < 4.78 is 13.3. The Kier molecular flexibility index (Phi) is 3.53. The highest BCUT2D eigenvalue weighted by molar-refractivity contribution is 6.06. The van der Waals surface area contributed by atoms with Crippen LogP contribution in [-0.4, -0.2) is 10.9 Å². The van der Waals surface area contributed by atoms with Crippen molar-refractivity contribution in [2.24, 2.45) is 0 Å². The van der Waals surface area contributed by atoms with Crippen LogP contribution in [0.25, 0.3) is 6.08 Å². The van der Waals surface area contributed by atoms with E-state index in [0.717, 1.165) is 5.56 Å². The summed E-state index contributed by atoms with van der Waals surface area (Å²) in [6.45, 7) is 0. The number of phenolic OH excluding ortho intramolecular Hbond substituents is 1. The smallest absolute Gasteiger partial charge is 0.188 e. The van der Waals surface area contributed by atoms with E-state index in [9.17, 15) is 9.18 Å². The van der Waals surface area contributed by atoms with Gasteiger partial charge in [-0.1, -0.05) is 30.3 Å². The molecule has 0 aliphatic heterocycles. The zero-order chi connectivity index (χ0) is 13.0. The summed E-state index contributed by atoms with van der Waals surface area (Å²) in [5, 5.41) is 9.11. The number of benzene rings is 2. The number of phenols is 1. The highest BCUT2D eigenvalue weighted by Gasteiger charge is 2.06. The van der Waals surface area contributed by atoms with Crippen molar-refractivity contribution in [1.29, 1.82) is 0 Å². The number of rotatable bonds is 3. The van der Waals surface area contributed by atoms with Gasteiger partial charge in [0.2, 0.25) is 0 Å². The van der Waals surface area contributed by atoms with Gasteiger partial charge in [-0.25, -0.2) is 4.39 Å². The third-order valence-corrected chi connectivity index (χ3v) is 2.46. The fraction of sp³-hybridized carbons (Fsp3) is 0. The lowest BCUT2D eigenvalue weighted by molar-refractivity contribution is 0.104. The molecule has 0 amide bonds. The zero-order valence-corrected chi connectivity index (χ0v) is 9.51. The first-order chi connectivity index (χ1) is 8.66. The van der Waals surface area contributed by atoms with Gasteiger partial charge < -0.3 is 5.11 Å². The highest BCUT2D eigenvalue weighted by Crippen LogP contribution is 2.12. The van der Waals surface area contributed by atoms with Gasteiger partial charge in [0.1, 0.15) is 11.6 Å². The average Bonchev–Trinajstić information content (AvgIpc) is 2.38. The van der Waals surface area contributed by atoms with Crippen molar-refractivity contribution < 1.29 is 14.3 Å². The molecule has 0 radical (unpaired) electrons. The van der Waals surface area contributed by atoms with E-state index in [1.807, 2.05) is 0 Å². The van der Waals surface area contributed by atoms with E-state index in [4.69, 9.17) is 5.11 Å². The molecule has 90 valence electrons. The molecule has 2 nitrogen and oxygen atoms in total. The lowest BCUT2D eigenvalue weighted by Gasteiger charge is -1.97. The van der Waals surface area contributed by atoms with Crippen LogP contribution in [0.3, 0.4) is 0 Å². The second-order valence-corrected chi connectivity index (χ2v) is 3.77. The molecular formula is C15H11FO2. The first-order valence-electron chi connectivity index (χ1n) is 5.43. The molecule has 0 heterocycles. The first-order valence-corrected chi connectivity index (χ1v) is 5.43. The van der Waals surface area contributed by atoms with E-state index in [1.54, 1.807) is 24.3 Å². The van der Waals surface area contributed by atoms with Gasteiger partial charge in [0.15, 0.2) is 5.78 Å². The van der Waals surface area contributed by atoms with Crippen LogP contribution in [0.1, 0.15) is 15.9 Å². The first kappa shape index (κ1) is 12.0. The van der Waals surface area contributed by atoms with E-state index in [-0.39, 0.29) is 17.1 Å². The topological polar surface area (TPSA) is 37.3 Å². The number of aromatic hydroxyl groups is 1. The van der Waals surface area contributed by atoms with Crippen molar-refractivity contribution in [1.82, 2.24) is 0 Å². The molecule has 18 heavy (non-hydrogen) atoms. The number of allylic oxidation sites excluding steroid dienone is 1. The van der Waals surface area contributed by atoms with Crippen LogP contribution < -0.4 is 0 Å². The molecule has 0 aliphatic carbocycles. The maximum atomic E-state index is 13.3. The molecule has 0 saturated carbocycles. The minimum atomic E-state index is -0.530. The summed E-state index contributed by atoms with van der Waals surface area (Å²) in [7, 11) is 0. The Bertz CT molecular complexity index is 586. The Morgan fingerprint density at radius 2 is 1.72 bits per heavy atom. The highest BCUT2D eigenvalue weighted by atomic mass is 18.2. The molecule has 1 N–H and O–H groups in total. The van der Waals surface area contributed by atoms with Crippen molar-refractivity contribution in [2.75, 3.05) is 0 Å². The minimum Gasteiger partial charge on any atom is -0.508 e. The SMILES string of the molecule is O=C(/C=C/c1ccc(O)cc1)c1ccccc1[18F]. The molecule has 2 aromatic carbocycles. The molecule has 0 saturated heterocycles. The third-order valence-electron chi connectivity index (χ3n) is 2.46. The Labute approximate surface area is 104 Å². The predicted molar refractivity (Wildman–Crippen MR) is 67.9 cm³/mol. The molecule has 0 aromatic heterocycles. The van der Waals surface area contributed by atoms with Crippen LogP contribution in [0.5, 0.6) is 5.75 Å². The van der Waals surface area contributed by atoms with Crippen LogP contribution in [0.15, 0.2) is 54.6 Å². The van der Waals surface area contributed by atoms with Gasteiger partial charge >= 0.3 is 0 Å². The van der Waals surface area contributed by atoms with Gasteiger partial charge in [-0.15, -0.1) is 0 Å². The number of hydrogen-bond donors (Lipinski definition) is 1. The summed E-state index contributed by atoms with van der Waals surface area (Å²) in [6, 6.07) is 12.2. The lowest BCUT2D eigenvalue weighted by atomic mass is 10.1. The largest absolute Gasteiger partial charge is 0.508 e. The molecule has 0 aliphatic rings. The Hall–Kier alpha value is -2.42.